The topological polar surface area (TPSA) is 0 Å². The van der Waals surface area contributed by atoms with E-state index in [2.05, 4.69) is 416 Å². The van der Waals surface area contributed by atoms with E-state index in [0.717, 1.165) is 0 Å². The zero-order chi connectivity index (χ0) is 73.3. The van der Waals surface area contributed by atoms with Crippen LogP contribution in [0.1, 0.15) is 49.9 Å². The van der Waals surface area contributed by atoms with Crippen molar-refractivity contribution in [3.63, 3.8) is 0 Å². The zero-order valence-corrected chi connectivity index (χ0v) is 62.0. The van der Waals surface area contributed by atoms with E-state index in [4.69, 9.17) is 0 Å². The highest BCUT2D eigenvalue weighted by atomic mass is 14.4. The molecule has 0 radical (unpaired) electrons. The zero-order valence-electron chi connectivity index (χ0n) is 62.0. The Kier molecular flexibility index (Phi) is 15.1. The molecule has 0 nitrogen and oxygen atoms in total. The second-order valence-electron chi connectivity index (χ2n) is 31.3. The molecule has 0 saturated carbocycles. The molecule has 2 aliphatic rings. The molecule has 20 aromatic rings. The smallest absolute Gasteiger partial charge is 0.0159 e. The summed E-state index contributed by atoms with van der Waals surface area (Å²) >= 11 is 0. The summed E-state index contributed by atoms with van der Waals surface area (Å²) in [5.74, 6) is 0. The van der Waals surface area contributed by atoms with Gasteiger partial charge in [-0.2, -0.15) is 0 Å². The standard InChI is InChI=1S/2C55H38/c1-55(2)50-32-31-41(34-49(50)54-44-16-6-4-13-37(44)30-33-51(54)55)35-22-26-39(27-23-35)52-45-17-7-9-19-47(45)53(48-20-10-8-18-46(48)52)40-28-24-38(25-29-40)43-21-11-14-36-12-3-5-15-42(36)43;1-55(2)50-30-29-42(34-49(50)54-44-17-6-5-13-37(44)28-31-51(54)55)36-22-25-38(26-23-36)52-45-18-7-9-20-47(45)53(48-21-10-8-19-46(48)52)43-16-11-15-40(33-43)41-27-24-35-12-3-4-14-39(35)32-41/h2*3-34H,1-2H3. The Bertz CT molecular complexity index is 7040. The van der Waals surface area contributed by atoms with E-state index in [1.807, 2.05) is 0 Å². The molecule has 0 atom stereocenters. The summed E-state index contributed by atoms with van der Waals surface area (Å²) in [7, 11) is 0. The van der Waals surface area contributed by atoms with Gasteiger partial charge in [-0.1, -0.05) is 392 Å². The first-order chi connectivity index (χ1) is 54.1. The predicted molar refractivity (Wildman–Crippen MR) is 472 cm³/mol. The molecular formula is C110H76. The molecule has 0 N–H and O–H groups in total. The largest absolute Gasteiger partial charge is 0.0616 e. The summed E-state index contributed by atoms with van der Waals surface area (Å²) in [6.45, 7) is 9.45. The van der Waals surface area contributed by atoms with Crippen LogP contribution >= 0.6 is 0 Å². The fourth-order valence-corrected chi connectivity index (χ4v) is 19.1. The number of fused-ring (bicyclic) bond motifs is 16. The molecule has 20 aromatic carbocycles. The Hall–Kier alpha value is -13.5. The van der Waals surface area contributed by atoms with Crippen molar-refractivity contribution in [2.75, 3.05) is 0 Å². The molecule has 516 valence electrons. The van der Waals surface area contributed by atoms with Crippen LogP contribution in [0.25, 0.3) is 197 Å². The molecule has 0 aromatic heterocycles. The van der Waals surface area contributed by atoms with E-state index < -0.39 is 0 Å². The third kappa shape index (κ3) is 10.4. The van der Waals surface area contributed by atoms with Crippen molar-refractivity contribution >= 4 is 86.2 Å². The highest BCUT2D eigenvalue weighted by molar-refractivity contribution is 6.23. The van der Waals surface area contributed by atoms with Crippen LogP contribution in [-0.2, 0) is 10.8 Å². The monoisotopic (exact) mass is 1400 g/mol. The summed E-state index contributed by atoms with van der Waals surface area (Å²) in [6, 6.07) is 144. The molecule has 0 heterocycles. The summed E-state index contributed by atoms with van der Waals surface area (Å²) in [6.07, 6.45) is 0. The van der Waals surface area contributed by atoms with Crippen LogP contribution < -0.4 is 0 Å². The highest BCUT2D eigenvalue weighted by Gasteiger charge is 2.38. The van der Waals surface area contributed by atoms with Gasteiger partial charge in [0.15, 0.2) is 0 Å². The molecule has 0 bridgehead atoms. The molecule has 22 rings (SSSR count). The van der Waals surface area contributed by atoms with Crippen molar-refractivity contribution in [1.29, 1.82) is 0 Å². The van der Waals surface area contributed by atoms with Crippen LogP contribution in [0.2, 0.25) is 0 Å². The fraction of sp³-hybridized carbons (Fsp3) is 0.0545. The molecule has 0 amide bonds. The highest BCUT2D eigenvalue weighted by Crippen LogP contribution is 2.55. The molecule has 0 spiro atoms. The van der Waals surface area contributed by atoms with Crippen LogP contribution in [0.4, 0.5) is 0 Å². The van der Waals surface area contributed by atoms with Crippen LogP contribution in [0, 0.1) is 0 Å². The van der Waals surface area contributed by atoms with Gasteiger partial charge in [0, 0.05) is 10.8 Å². The van der Waals surface area contributed by atoms with Gasteiger partial charge in [0.2, 0.25) is 0 Å². The first-order valence-electron chi connectivity index (χ1n) is 38.7. The molecule has 110 heavy (non-hydrogen) atoms. The molecule has 0 aliphatic heterocycles. The van der Waals surface area contributed by atoms with Gasteiger partial charge in [-0.3, -0.25) is 0 Å². The van der Waals surface area contributed by atoms with Gasteiger partial charge >= 0.3 is 0 Å². The van der Waals surface area contributed by atoms with Crippen molar-refractivity contribution in [2.24, 2.45) is 0 Å². The van der Waals surface area contributed by atoms with Gasteiger partial charge in [-0.15, -0.1) is 0 Å². The Balaban J connectivity index is 0.000000140. The van der Waals surface area contributed by atoms with Gasteiger partial charge in [0.1, 0.15) is 0 Å². The second kappa shape index (κ2) is 25.6. The van der Waals surface area contributed by atoms with Crippen LogP contribution in [0.15, 0.2) is 388 Å². The summed E-state index contributed by atoms with van der Waals surface area (Å²) in [4.78, 5) is 0. The molecule has 0 unspecified atom stereocenters. The van der Waals surface area contributed by atoms with Gasteiger partial charge in [0.05, 0.1) is 0 Å². The summed E-state index contributed by atoms with van der Waals surface area (Å²) in [5.41, 5.74) is 31.0. The normalized spacial score (nSPS) is 13.1. The van der Waals surface area contributed by atoms with E-state index in [1.165, 1.54) is 220 Å². The fourth-order valence-electron chi connectivity index (χ4n) is 19.1. The van der Waals surface area contributed by atoms with Gasteiger partial charge < -0.3 is 0 Å². The number of hydrogen-bond acceptors (Lipinski definition) is 0. The Morgan fingerprint density at radius 1 is 0.136 bits per heavy atom. The van der Waals surface area contributed by atoms with Crippen LogP contribution in [0.5, 0.6) is 0 Å². The van der Waals surface area contributed by atoms with Crippen molar-refractivity contribution in [2.45, 2.75) is 38.5 Å². The van der Waals surface area contributed by atoms with Gasteiger partial charge in [-0.05, 0) is 244 Å². The molecular weight excluding hydrogens is 1320 g/mol. The maximum absolute atomic E-state index is 2.43. The molecule has 0 saturated heterocycles. The SMILES string of the molecule is CC1(C)c2ccc(-c3ccc(-c4c5ccccc5c(-c5ccc(-c6cccc7ccccc67)cc5)c5ccccc45)cc3)cc2-c2c1ccc1ccccc21.CC1(C)c2ccc(-c3ccc(-c4c5ccccc5c(-c5cccc(-c6ccc7ccccc7c6)c5)c5ccccc45)cc3)cc2-c2c1ccc1ccccc21. The number of rotatable bonds is 8. The lowest BCUT2D eigenvalue weighted by Gasteiger charge is -2.21. The molecule has 0 heteroatoms. The lowest BCUT2D eigenvalue weighted by atomic mass is 9.82. The van der Waals surface area contributed by atoms with Crippen molar-refractivity contribution in [3.05, 3.63) is 411 Å². The molecule has 2 aliphatic carbocycles. The van der Waals surface area contributed by atoms with E-state index in [-0.39, 0.29) is 10.8 Å². The summed E-state index contributed by atoms with van der Waals surface area (Å²) in [5, 5.41) is 20.5. The van der Waals surface area contributed by atoms with Gasteiger partial charge in [0.25, 0.3) is 0 Å². The number of hydrogen-bond donors (Lipinski definition) is 0. The predicted octanol–water partition coefficient (Wildman–Crippen LogP) is 30.5. The average Bonchev–Trinajstić information content (AvgIpc) is 1.43. The third-order valence-corrected chi connectivity index (χ3v) is 24.5. The van der Waals surface area contributed by atoms with Crippen molar-refractivity contribution in [3.8, 4) is 111 Å². The second-order valence-corrected chi connectivity index (χ2v) is 31.3. The lowest BCUT2D eigenvalue weighted by Crippen LogP contribution is -2.14. The maximum atomic E-state index is 2.43. The Morgan fingerprint density at radius 3 is 0.845 bits per heavy atom. The number of benzene rings is 20. The minimum absolute atomic E-state index is 0.0375. The van der Waals surface area contributed by atoms with E-state index in [9.17, 15) is 0 Å². The van der Waals surface area contributed by atoms with Crippen LogP contribution in [0.3, 0.4) is 0 Å². The minimum Gasteiger partial charge on any atom is -0.0616 e. The van der Waals surface area contributed by atoms with E-state index in [1.54, 1.807) is 0 Å². The molecule has 0 fully saturated rings. The maximum Gasteiger partial charge on any atom is 0.0159 e. The van der Waals surface area contributed by atoms with E-state index in [0.29, 0.717) is 0 Å². The Morgan fingerprint density at radius 2 is 0.409 bits per heavy atom. The summed E-state index contributed by atoms with van der Waals surface area (Å²) < 4.78 is 0. The minimum atomic E-state index is -0.0386. The lowest BCUT2D eigenvalue weighted by molar-refractivity contribution is 0.661. The van der Waals surface area contributed by atoms with E-state index >= 15 is 0 Å². The average molecular weight is 1400 g/mol. The Labute approximate surface area is 642 Å². The van der Waals surface area contributed by atoms with Gasteiger partial charge in [-0.25, -0.2) is 0 Å². The quantitative estimate of drug-likeness (QED) is 0.133. The first-order valence-corrected chi connectivity index (χ1v) is 38.7. The van der Waals surface area contributed by atoms with Crippen LogP contribution in [-0.4, -0.2) is 0 Å². The van der Waals surface area contributed by atoms with Crippen molar-refractivity contribution < 1.29 is 0 Å². The first kappa shape index (κ1) is 64.8. The van der Waals surface area contributed by atoms with Crippen molar-refractivity contribution in [1.82, 2.24) is 0 Å². The third-order valence-electron chi connectivity index (χ3n) is 24.5.